The van der Waals surface area contributed by atoms with Crippen LogP contribution in [0.4, 0.5) is 0 Å². The molecule has 0 aliphatic carbocycles. The van der Waals surface area contributed by atoms with E-state index in [1.165, 1.54) is 0 Å². The van der Waals surface area contributed by atoms with Gasteiger partial charge in [-0.1, -0.05) is 48.2 Å². The van der Waals surface area contributed by atoms with Crippen molar-refractivity contribution < 1.29 is 0 Å². The van der Waals surface area contributed by atoms with Crippen LogP contribution in [0.5, 0.6) is 0 Å². The number of hydrogen-bond donors (Lipinski definition) is 1. The molecule has 0 fully saturated rings. The SMILES string of the molecule is CC(N)c1nn2ccc(Sc3ccccc3)c2c(=O)n1-c1ccccc1. The van der Waals surface area contributed by atoms with Crippen LogP contribution in [-0.2, 0) is 0 Å². The molecule has 1 unspecified atom stereocenters. The van der Waals surface area contributed by atoms with Crippen molar-refractivity contribution in [1.82, 2.24) is 14.2 Å². The zero-order valence-corrected chi connectivity index (χ0v) is 15.1. The number of nitrogens with two attached hydrogens (primary N) is 1. The summed E-state index contributed by atoms with van der Waals surface area (Å²) in [5.41, 5.74) is 7.29. The molecule has 4 aromatic rings. The molecule has 6 heteroatoms. The molecule has 0 radical (unpaired) electrons. The van der Waals surface area contributed by atoms with Crippen molar-refractivity contribution in [2.75, 3.05) is 0 Å². The molecule has 0 saturated carbocycles. The Hall–Kier alpha value is -2.83. The number of para-hydroxylation sites is 1. The molecule has 0 bridgehead atoms. The highest BCUT2D eigenvalue weighted by molar-refractivity contribution is 7.99. The number of nitrogens with zero attached hydrogens (tertiary/aromatic N) is 3. The lowest BCUT2D eigenvalue weighted by atomic mass is 10.2. The van der Waals surface area contributed by atoms with Gasteiger partial charge in [-0.15, -0.1) is 0 Å². The van der Waals surface area contributed by atoms with Gasteiger partial charge >= 0.3 is 0 Å². The summed E-state index contributed by atoms with van der Waals surface area (Å²) >= 11 is 1.55. The van der Waals surface area contributed by atoms with Gasteiger partial charge in [0.15, 0.2) is 5.82 Å². The Kier molecular flexibility index (Phi) is 4.36. The van der Waals surface area contributed by atoms with Crippen molar-refractivity contribution >= 4 is 17.3 Å². The Balaban J connectivity index is 1.95. The fourth-order valence-corrected chi connectivity index (χ4v) is 3.83. The van der Waals surface area contributed by atoms with Gasteiger partial charge in [0, 0.05) is 16.0 Å². The third kappa shape index (κ3) is 2.94. The zero-order chi connectivity index (χ0) is 18.1. The van der Waals surface area contributed by atoms with Gasteiger partial charge in [-0.05, 0) is 37.3 Å². The van der Waals surface area contributed by atoms with Crippen LogP contribution in [-0.4, -0.2) is 14.2 Å². The predicted molar refractivity (Wildman–Crippen MR) is 104 cm³/mol. The molecule has 130 valence electrons. The maximum atomic E-state index is 13.4. The Labute approximate surface area is 155 Å². The predicted octanol–water partition coefficient (Wildman–Crippen LogP) is 3.66. The fraction of sp³-hybridized carbons (Fsp3) is 0.100. The van der Waals surface area contributed by atoms with E-state index in [4.69, 9.17) is 5.73 Å². The lowest BCUT2D eigenvalue weighted by Gasteiger charge is -2.15. The topological polar surface area (TPSA) is 65.3 Å². The van der Waals surface area contributed by atoms with E-state index < -0.39 is 0 Å². The summed E-state index contributed by atoms with van der Waals surface area (Å²) in [6, 6.07) is 21.0. The second kappa shape index (κ2) is 6.82. The quantitative estimate of drug-likeness (QED) is 0.602. The zero-order valence-electron chi connectivity index (χ0n) is 14.2. The van der Waals surface area contributed by atoms with Crippen LogP contribution in [0.15, 0.2) is 87.5 Å². The largest absolute Gasteiger partial charge is 0.322 e. The maximum Gasteiger partial charge on any atom is 0.283 e. The lowest BCUT2D eigenvalue weighted by molar-refractivity contribution is 0.646. The second-order valence-electron chi connectivity index (χ2n) is 6.01. The first-order valence-electron chi connectivity index (χ1n) is 8.33. The van der Waals surface area contributed by atoms with Gasteiger partial charge in [0.05, 0.1) is 11.7 Å². The van der Waals surface area contributed by atoms with E-state index >= 15 is 0 Å². The molecule has 0 aliphatic rings. The Bertz CT molecular complexity index is 1100. The van der Waals surface area contributed by atoms with Gasteiger partial charge < -0.3 is 5.73 Å². The summed E-state index contributed by atoms with van der Waals surface area (Å²) in [5.74, 6) is 0.528. The molecule has 0 aliphatic heterocycles. The Morgan fingerprint density at radius 1 is 1.00 bits per heavy atom. The van der Waals surface area contributed by atoms with Gasteiger partial charge in [-0.25, -0.2) is 4.52 Å². The number of benzene rings is 2. The van der Waals surface area contributed by atoms with Crippen molar-refractivity contribution in [1.29, 1.82) is 0 Å². The van der Waals surface area contributed by atoms with Crippen LogP contribution < -0.4 is 11.3 Å². The van der Waals surface area contributed by atoms with Crippen LogP contribution in [0.25, 0.3) is 11.2 Å². The fourth-order valence-electron chi connectivity index (χ4n) is 2.88. The van der Waals surface area contributed by atoms with E-state index in [0.29, 0.717) is 11.3 Å². The highest BCUT2D eigenvalue weighted by atomic mass is 32.2. The minimum absolute atomic E-state index is 0.123. The molecule has 4 rings (SSSR count). The van der Waals surface area contributed by atoms with Crippen LogP contribution in [0.1, 0.15) is 18.8 Å². The third-order valence-electron chi connectivity index (χ3n) is 4.07. The van der Waals surface area contributed by atoms with Crippen LogP contribution in [0.3, 0.4) is 0 Å². The summed E-state index contributed by atoms with van der Waals surface area (Å²) in [5, 5.41) is 4.62. The van der Waals surface area contributed by atoms with Crippen molar-refractivity contribution in [3.8, 4) is 5.69 Å². The van der Waals surface area contributed by atoms with Gasteiger partial charge in [-0.3, -0.25) is 9.36 Å². The first kappa shape index (κ1) is 16.6. The van der Waals surface area contributed by atoms with Gasteiger partial charge in [0.1, 0.15) is 5.52 Å². The van der Waals surface area contributed by atoms with Crippen LogP contribution in [0.2, 0.25) is 0 Å². The standard InChI is InChI=1S/C20H18N4OS/c1-14(21)19-22-23-13-12-17(26-16-10-6-3-7-11-16)18(23)20(25)24(19)15-8-4-2-5-9-15/h2-14H,21H2,1H3. The number of rotatable bonds is 4. The van der Waals surface area contributed by atoms with Crippen LogP contribution in [0, 0.1) is 0 Å². The summed E-state index contributed by atoms with van der Waals surface area (Å²) in [4.78, 5) is 15.3. The van der Waals surface area contributed by atoms with Crippen molar-refractivity contribution in [3.05, 3.63) is 89.1 Å². The third-order valence-corrected chi connectivity index (χ3v) is 5.12. The number of aromatic nitrogens is 3. The molecule has 2 heterocycles. The normalized spacial score (nSPS) is 12.4. The highest BCUT2D eigenvalue weighted by Gasteiger charge is 2.18. The monoisotopic (exact) mass is 362 g/mol. The molecule has 2 aromatic heterocycles. The molecule has 0 amide bonds. The van der Waals surface area contributed by atoms with Crippen molar-refractivity contribution in [2.24, 2.45) is 5.73 Å². The van der Waals surface area contributed by atoms with E-state index in [1.807, 2.05) is 79.9 Å². The molecule has 26 heavy (non-hydrogen) atoms. The number of hydrogen-bond acceptors (Lipinski definition) is 4. The average molecular weight is 362 g/mol. The van der Waals surface area contributed by atoms with Crippen molar-refractivity contribution in [3.63, 3.8) is 0 Å². The summed E-state index contributed by atoms with van der Waals surface area (Å²) in [6.07, 6.45) is 1.81. The first-order chi connectivity index (χ1) is 12.6. The molecular weight excluding hydrogens is 344 g/mol. The lowest BCUT2D eigenvalue weighted by Crippen LogP contribution is -2.29. The highest BCUT2D eigenvalue weighted by Crippen LogP contribution is 2.30. The van der Waals surface area contributed by atoms with E-state index in [-0.39, 0.29) is 11.6 Å². The summed E-state index contributed by atoms with van der Waals surface area (Å²) in [6.45, 7) is 1.83. The molecule has 0 saturated heterocycles. The Morgan fingerprint density at radius 2 is 1.65 bits per heavy atom. The molecule has 2 aromatic carbocycles. The molecule has 2 N–H and O–H groups in total. The summed E-state index contributed by atoms with van der Waals surface area (Å²) < 4.78 is 3.24. The average Bonchev–Trinajstić information content (AvgIpc) is 3.06. The second-order valence-corrected chi connectivity index (χ2v) is 7.13. The smallest absolute Gasteiger partial charge is 0.283 e. The van der Waals surface area contributed by atoms with Gasteiger partial charge in [0.25, 0.3) is 5.56 Å². The number of fused-ring (bicyclic) bond motifs is 1. The first-order valence-corrected chi connectivity index (χ1v) is 9.15. The van der Waals surface area contributed by atoms with Crippen molar-refractivity contribution in [2.45, 2.75) is 22.8 Å². The van der Waals surface area contributed by atoms with Gasteiger partial charge in [-0.2, -0.15) is 5.10 Å². The van der Waals surface area contributed by atoms with E-state index in [0.717, 1.165) is 15.5 Å². The van der Waals surface area contributed by atoms with Crippen LogP contribution >= 0.6 is 11.8 Å². The minimum atomic E-state index is -0.375. The van der Waals surface area contributed by atoms with E-state index in [2.05, 4.69) is 5.10 Å². The molecular formula is C20H18N4OS. The van der Waals surface area contributed by atoms with Gasteiger partial charge in [0.2, 0.25) is 0 Å². The Morgan fingerprint density at radius 3 is 2.31 bits per heavy atom. The maximum absolute atomic E-state index is 13.4. The molecule has 0 spiro atoms. The summed E-state index contributed by atoms with van der Waals surface area (Å²) in [7, 11) is 0. The minimum Gasteiger partial charge on any atom is -0.322 e. The molecule has 1 atom stereocenters. The molecule has 5 nitrogen and oxygen atoms in total. The van der Waals surface area contributed by atoms with E-state index in [1.54, 1.807) is 20.8 Å². The van der Waals surface area contributed by atoms with E-state index in [9.17, 15) is 4.79 Å².